The second-order valence-electron chi connectivity index (χ2n) is 8.75. The standard InChI is InChI=1S/C18H34N2O4/c1-7-18(8-2)20(9-13(22)10-21)14(23)17(24-18)11-15(3,4)19-16(5,6)12-17/h13,19,21-22H,7-12H2,1-6H3. The second kappa shape index (κ2) is 6.24. The van der Waals surface area contributed by atoms with Crippen LogP contribution in [-0.4, -0.2) is 62.7 Å². The van der Waals surface area contributed by atoms with Crippen molar-refractivity contribution in [3.8, 4) is 0 Å². The van der Waals surface area contributed by atoms with E-state index in [4.69, 9.17) is 4.74 Å². The molecular weight excluding hydrogens is 308 g/mol. The number of hydrogen-bond donors (Lipinski definition) is 3. The highest BCUT2D eigenvalue weighted by atomic mass is 16.6. The Bertz CT molecular complexity index is 469. The molecule has 2 rings (SSSR count). The van der Waals surface area contributed by atoms with Crippen LogP contribution >= 0.6 is 0 Å². The fraction of sp³-hybridized carbons (Fsp3) is 0.944. The van der Waals surface area contributed by atoms with Crippen molar-refractivity contribution in [2.45, 2.75) is 95.7 Å². The first-order valence-corrected chi connectivity index (χ1v) is 9.05. The van der Waals surface area contributed by atoms with E-state index in [0.29, 0.717) is 25.7 Å². The topological polar surface area (TPSA) is 82.0 Å². The third kappa shape index (κ3) is 3.34. The van der Waals surface area contributed by atoms with Crippen LogP contribution in [0.25, 0.3) is 0 Å². The Kier molecular flexibility index (Phi) is 5.10. The molecular formula is C18H34N2O4. The molecule has 0 aliphatic carbocycles. The molecule has 140 valence electrons. The predicted octanol–water partition coefficient (Wildman–Crippen LogP) is 1.39. The van der Waals surface area contributed by atoms with Gasteiger partial charge in [-0.05, 0) is 40.5 Å². The number of nitrogens with one attached hydrogen (secondary N) is 1. The molecule has 3 N–H and O–H groups in total. The first-order chi connectivity index (χ1) is 10.9. The maximum absolute atomic E-state index is 13.4. The van der Waals surface area contributed by atoms with Gasteiger partial charge < -0.3 is 25.2 Å². The molecule has 6 nitrogen and oxygen atoms in total. The van der Waals surface area contributed by atoms with Crippen LogP contribution in [0.4, 0.5) is 0 Å². The SMILES string of the molecule is CCC1(CC)OC2(CC(C)(C)NC(C)(C)C2)C(=O)N1CC(O)CO. The molecule has 2 aliphatic heterocycles. The molecule has 2 aliphatic rings. The highest BCUT2D eigenvalue weighted by molar-refractivity contribution is 5.88. The van der Waals surface area contributed by atoms with E-state index in [1.807, 2.05) is 13.8 Å². The van der Waals surface area contributed by atoms with E-state index < -0.39 is 17.4 Å². The van der Waals surface area contributed by atoms with Crippen molar-refractivity contribution in [2.24, 2.45) is 0 Å². The predicted molar refractivity (Wildman–Crippen MR) is 92.5 cm³/mol. The van der Waals surface area contributed by atoms with Gasteiger partial charge in [0.15, 0.2) is 5.60 Å². The van der Waals surface area contributed by atoms with E-state index in [9.17, 15) is 15.0 Å². The smallest absolute Gasteiger partial charge is 0.257 e. The van der Waals surface area contributed by atoms with Gasteiger partial charge >= 0.3 is 0 Å². The third-order valence-electron chi connectivity index (χ3n) is 5.35. The van der Waals surface area contributed by atoms with Crippen LogP contribution < -0.4 is 5.32 Å². The van der Waals surface area contributed by atoms with Crippen LogP contribution in [0.15, 0.2) is 0 Å². The van der Waals surface area contributed by atoms with E-state index >= 15 is 0 Å². The summed E-state index contributed by atoms with van der Waals surface area (Å²) in [5, 5.41) is 22.8. The summed E-state index contributed by atoms with van der Waals surface area (Å²) in [6, 6.07) is 0. The Labute approximate surface area is 145 Å². The average Bonchev–Trinajstić information content (AvgIpc) is 2.66. The molecule has 24 heavy (non-hydrogen) atoms. The molecule has 0 bridgehead atoms. The quantitative estimate of drug-likeness (QED) is 0.703. The molecule has 0 radical (unpaired) electrons. The number of carbonyl (C=O) groups excluding carboxylic acids is 1. The second-order valence-corrected chi connectivity index (χ2v) is 8.75. The summed E-state index contributed by atoms with van der Waals surface area (Å²) in [5.41, 5.74) is -2.04. The minimum Gasteiger partial charge on any atom is -0.394 e. The number of aliphatic hydroxyl groups excluding tert-OH is 2. The van der Waals surface area contributed by atoms with Crippen molar-refractivity contribution in [2.75, 3.05) is 13.2 Å². The molecule has 6 heteroatoms. The zero-order valence-corrected chi connectivity index (χ0v) is 16.0. The van der Waals surface area contributed by atoms with Crippen molar-refractivity contribution < 1.29 is 19.7 Å². The van der Waals surface area contributed by atoms with Crippen molar-refractivity contribution in [3.05, 3.63) is 0 Å². The van der Waals surface area contributed by atoms with Gasteiger partial charge in [0, 0.05) is 23.9 Å². The lowest BCUT2D eigenvalue weighted by atomic mass is 9.72. The molecule has 0 aromatic rings. The van der Waals surface area contributed by atoms with Crippen LogP contribution in [0.2, 0.25) is 0 Å². The summed E-state index contributed by atoms with van der Waals surface area (Å²) < 4.78 is 6.56. The summed E-state index contributed by atoms with van der Waals surface area (Å²) in [4.78, 5) is 15.1. The lowest BCUT2D eigenvalue weighted by Crippen LogP contribution is -2.65. The lowest BCUT2D eigenvalue weighted by Gasteiger charge is -2.50. The molecule has 2 fully saturated rings. The molecule has 2 heterocycles. The van der Waals surface area contributed by atoms with Crippen LogP contribution in [0.1, 0.15) is 67.2 Å². The molecule has 1 atom stereocenters. The van der Waals surface area contributed by atoms with Gasteiger partial charge in [0.05, 0.1) is 19.3 Å². The Morgan fingerprint density at radius 1 is 1.17 bits per heavy atom. The van der Waals surface area contributed by atoms with E-state index in [1.165, 1.54) is 0 Å². The summed E-state index contributed by atoms with van der Waals surface area (Å²) in [7, 11) is 0. The zero-order chi connectivity index (χ0) is 18.4. The minimum atomic E-state index is -0.951. The molecule has 1 spiro atoms. The normalized spacial score (nSPS) is 28.3. The summed E-state index contributed by atoms with van der Waals surface area (Å²) in [6.07, 6.45) is 1.55. The summed E-state index contributed by atoms with van der Waals surface area (Å²) in [6.45, 7) is 12.1. The van der Waals surface area contributed by atoms with Gasteiger partial charge in [-0.1, -0.05) is 13.8 Å². The number of rotatable bonds is 5. The zero-order valence-electron chi connectivity index (χ0n) is 16.0. The van der Waals surface area contributed by atoms with Crippen LogP contribution in [0.3, 0.4) is 0 Å². The number of β-amino-alcohol motifs (C(OH)–C–C–N with tert-alkyl or cyclic N) is 1. The largest absolute Gasteiger partial charge is 0.394 e. The van der Waals surface area contributed by atoms with Crippen LogP contribution in [-0.2, 0) is 9.53 Å². The molecule has 0 aromatic heterocycles. The maximum atomic E-state index is 13.4. The Morgan fingerprint density at radius 2 is 1.67 bits per heavy atom. The average molecular weight is 342 g/mol. The van der Waals surface area contributed by atoms with Gasteiger partial charge in [0.1, 0.15) is 5.72 Å². The van der Waals surface area contributed by atoms with E-state index in [2.05, 4.69) is 33.0 Å². The van der Waals surface area contributed by atoms with Crippen molar-refractivity contribution >= 4 is 5.91 Å². The van der Waals surface area contributed by atoms with Crippen LogP contribution in [0, 0.1) is 0 Å². The van der Waals surface area contributed by atoms with E-state index in [-0.39, 0.29) is 30.1 Å². The summed E-state index contributed by atoms with van der Waals surface area (Å²) >= 11 is 0. The van der Waals surface area contributed by atoms with Crippen molar-refractivity contribution in [1.82, 2.24) is 10.2 Å². The van der Waals surface area contributed by atoms with Gasteiger partial charge in [-0.15, -0.1) is 0 Å². The highest BCUT2D eigenvalue weighted by Gasteiger charge is 2.63. The highest BCUT2D eigenvalue weighted by Crippen LogP contribution is 2.49. The van der Waals surface area contributed by atoms with Gasteiger partial charge in [0.25, 0.3) is 5.91 Å². The van der Waals surface area contributed by atoms with Gasteiger partial charge in [-0.3, -0.25) is 4.79 Å². The fourth-order valence-corrected chi connectivity index (χ4v) is 4.91. The number of carbonyl (C=O) groups is 1. The van der Waals surface area contributed by atoms with Gasteiger partial charge in [0.2, 0.25) is 0 Å². The molecule has 1 amide bonds. The molecule has 0 aromatic carbocycles. The van der Waals surface area contributed by atoms with Gasteiger partial charge in [-0.25, -0.2) is 0 Å². The first kappa shape index (κ1) is 19.6. The number of piperidine rings is 1. The molecule has 2 saturated heterocycles. The minimum absolute atomic E-state index is 0.0543. The maximum Gasteiger partial charge on any atom is 0.257 e. The molecule has 1 unspecified atom stereocenters. The Hall–Kier alpha value is -0.690. The van der Waals surface area contributed by atoms with E-state index in [0.717, 1.165) is 0 Å². The van der Waals surface area contributed by atoms with Crippen molar-refractivity contribution in [3.63, 3.8) is 0 Å². The monoisotopic (exact) mass is 342 g/mol. The number of amides is 1. The molecule has 0 saturated carbocycles. The number of hydrogen-bond acceptors (Lipinski definition) is 5. The number of aliphatic hydroxyl groups is 2. The van der Waals surface area contributed by atoms with Gasteiger partial charge in [-0.2, -0.15) is 0 Å². The Balaban J connectivity index is 2.44. The fourth-order valence-electron chi connectivity index (χ4n) is 4.91. The first-order valence-electron chi connectivity index (χ1n) is 9.05. The lowest BCUT2D eigenvalue weighted by molar-refractivity contribution is -0.174. The summed E-state index contributed by atoms with van der Waals surface area (Å²) in [5.74, 6) is -0.0543. The number of ether oxygens (including phenoxy) is 1. The third-order valence-corrected chi connectivity index (χ3v) is 5.35. The van der Waals surface area contributed by atoms with Crippen LogP contribution in [0.5, 0.6) is 0 Å². The van der Waals surface area contributed by atoms with Crippen molar-refractivity contribution in [1.29, 1.82) is 0 Å². The Morgan fingerprint density at radius 3 is 2.08 bits per heavy atom. The number of nitrogens with zero attached hydrogens (tertiary/aromatic N) is 1. The van der Waals surface area contributed by atoms with E-state index in [1.54, 1.807) is 4.90 Å².